The van der Waals surface area contributed by atoms with Gasteiger partial charge in [0.1, 0.15) is 11.5 Å². The van der Waals surface area contributed by atoms with Crippen molar-refractivity contribution in [2.45, 2.75) is 45.2 Å². The lowest BCUT2D eigenvalue weighted by atomic mass is 9.92. The minimum absolute atomic E-state index is 0.155. The van der Waals surface area contributed by atoms with E-state index < -0.39 is 0 Å². The molecule has 4 nitrogen and oxygen atoms in total. The van der Waals surface area contributed by atoms with E-state index in [-0.39, 0.29) is 5.54 Å². The normalized spacial score (nSPS) is 25.8. The highest BCUT2D eigenvalue weighted by molar-refractivity contribution is 5.57. The average Bonchev–Trinajstić information content (AvgIpc) is 2.54. The van der Waals surface area contributed by atoms with Gasteiger partial charge in [0.25, 0.3) is 0 Å². The first-order valence-electron chi connectivity index (χ1n) is 7.80. The predicted octanol–water partition coefficient (Wildman–Crippen LogP) is 3.06. The van der Waals surface area contributed by atoms with E-state index in [0.29, 0.717) is 6.04 Å². The third kappa shape index (κ3) is 3.43. The van der Waals surface area contributed by atoms with Crippen LogP contribution in [0.1, 0.15) is 33.6 Å². The highest BCUT2D eigenvalue weighted by atomic mass is 16.5. The SMILES string of the molecule is CCC1CNC(C)(CC)CN1c1cc(OC)cc(OC)c1. The van der Waals surface area contributed by atoms with Crippen LogP contribution in [0.25, 0.3) is 0 Å². The average molecular weight is 292 g/mol. The number of nitrogens with zero attached hydrogens (tertiary/aromatic N) is 1. The number of hydrogen-bond donors (Lipinski definition) is 1. The van der Waals surface area contributed by atoms with E-state index in [9.17, 15) is 0 Å². The van der Waals surface area contributed by atoms with Gasteiger partial charge in [0.2, 0.25) is 0 Å². The molecule has 1 N–H and O–H groups in total. The predicted molar refractivity (Wildman–Crippen MR) is 87.7 cm³/mol. The van der Waals surface area contributed by atoms with E-state index in [1.807, 2.05) is 6.07 Å². The number of anilines is 1. The Morgan fingerprint density at radius 2 is 1.81 bits per heavy atom. The molecule has 0 spiro atoms. The van der Waals surface area contributed by atoms with Gasteiger partial charge in [-0.1, -0.05) is 13.8 Å². The van der Waals surface area contributed by atoms with Gasteiger partial charge < -0.3 is 19.7 Å². The van der Waals surface area contributed by atoms with Crippen molar-refractivity contribution in [2.75, 3.05) is 32.2 Å². The second-order valence-electron chi connectivity index (χ2n) is 6.06. The smallest absolute Gasteiger partial charge is 0.124 e. The number of ether oxygens (including phenoxy) is 2. The van der Waals surface area contributed by atoms with Crippen LogP contribution in [-0.2, 0) is 0 Å². The molecule has 0 saturated carbocycles. The second-order valence-corrected chi connectivity index (χ2v) is 6.06. The quantitative estimate of drug-likeness (QED) is 0.904. The molecule has 21 heavy (non-hydrogen) atoms. The molecule has 1 aromatic rings. The van der Waals surface area contributed by atoms with Crippen LogP contribution < -0.4 is 19.7 Å². The number of hydrogen-bond acceptors (Lipinski definition) is 4. The number of methoxy groups -OCH3 is 2. The Morgan fingerprint density at radius 3 is 2.29 bits per heavy atom. The first-order chi connectivity index (χ1) is 10.0. The van der Waals surface area contributed by atoms with Gasteiger partial charge in [0.15, 0.2) is 0 Å². The van der Waals surface area contributed by atoms with Crippen LogP contribution in [0, 0.1) is 0 Å². The van der Waals surface area contributed by atoms with Crippen LogP contribution in [0.3, 0.4) is 0 Å². The maximum absolute atomic E-state index is 5.41. The van der Waals surface area contributed by atoms with Gasteiger partial charge in [-0.3, -0.25) is 0 Å². The molecule has 1 aliphatic heterocycles. The van der Waals surface area contributed by atoms with Crippen molar-refractivity contribution in [1.82, 2.24) is 5.32 Å². The van der Waals surface area contributed by atoms with Crippen LogP contribution in [-0.4, -0.2) is 38.9 Å². The van der Waals surface area contributed by atoms with E-state index in [4.69, 9.17) is 9.47 Å². The molecule has 1 heterocycles. The molecule has 0 radical (unpaired) electrons. The molecular formula is C17H28N2O2. The van der Waals surface area contributed by atoms with Crippen molar-refractivity contribution >= 4 is 5.69 Å². The third-order valence-corrected chi connectivity index (χ3v) is 4.64. The van der Waals surface area contributed by atoms with Crippen LogP contribution in [0.15, 0.2) is 18.2 Å². The Bertz CT molecular complexity index is 456. The molecule has 118 valence electrons. The van der Waals surface area contributed by atoms with Crippen LogP contribution in [0.2, 0.25) is 0 Å². The molecule has 1 fully saturated rings. The minimum Gasteiger partial charge on any atom is -0.497 e. The van der Waals surface area contributed by atoms with E-state index >= 15 is 0 Å². The summed E-state index contributed by atoms with van der Waals surface area (Å²) in [7, 11) is 3.40. The van der Waals surface area contributed by atoms with Crippen LogP contribution >= 0.6 is 0 Å². The molecule has 0 bridgehead atoms. The van der Waals surface area contributed by atoms with Gasteiger partial charge in [-0.05, 0) is 19.8 Å². The number of piperazine rings is 1. The number of benzene rings is 1. The van der Waals surface area contributed by atoms with Gasteiger partial charge >= 0.3 is 0 Å². The number of rotatable bonds is 5. The molecule has 0 amide bonds. The summed E-state index contributed by atoms with van der Waals surface area (Å²) in [6.07, 6.45) is 2.23. The molecule has 2 unspecified atom stereocenters. The summed E-state index contributed by atoms with van der Waals surface area (Å²) in [4.78, 5) is 2.49. The van der Waals surface area contributed by atoms with Gasteiger partial charge in [0.05, 0.1) is 14.2 Å². The Kier molecular flexibility index (Phi) is 4.99. The first kappa shape index (κ1) is 16.0. The highest BCUT2D eigenvalue weighted by Gasteiger charge is 2.34. The largest absolute Gasteiger partial charge is 0.497 e. The van der Waals surface area contributed by atoms with E-state index in [2.05, 4.69) is 43.1 Å². The fourth-order valence-corrected chi connectivity index (χ4v) is 2.90. The minimum atomic E-state index is 0.155. The summed E-state index contributed by atoms with van der Waals surface area (Å²) in [5, 5.41) is 3.70. The molecule has 1 aliphatic rings. The van der Waals surface area contributed by atoms with Crippen molar-refractivity contribution in [3.05, 3.63) is 18.2 Å². The fraction of sp³-hybridized carbons (Fsp3) is 0.647. The highest BCUT2D eigenvalue weighted by Crippen LogP contribution is 2.32. The zero-order chi connectivity index (χ0) is 15.5. The van der Waals surface area contributed by atoms with Crippen molar-refractivity contribution < 1.29 is 9.47 Å². The summed E-state index contributed by atoms with van der Waals surface area (Å²) in [6.45, 7) is 8.79. The first-order valence-corrected chi connectivity index (χ1v) is 7.80. The molecule has 0 aliphatic carbocycles. The standard InChI is InChI=1S/C17H28N2O2/c1-6-13-11-18-17(3,7-2)12-19(13)14-8-15(20-4)10-16(9-14)21-5/h8-10,13,18H,6-7,11-12H2,1-5H3. The Labute approximate surface area is 128 Å². The van der Waals surface area contributed by atoms with E-state index in [0.717, 1.165) is 37.4 Å². The summed E-state index contributed by atoms with van der Waals surface area (Å²) in [5.41, 5.74) is 1.33. The van der Waals surface area contributed by atoms with Crippen LogP contribution in [0.5, 0.6) is 11.5 Å². The summed E-state index contributed by atoms with van der Waals surface area (Å²) in [5.74, 6) is 1.69. The van der Waals surface area contributed by atoms with Crippen molar-refractivity contribution in [1.29, 1.82) is 0 Å². The maximum atomic E-state index is 5.41. The molecular weight excluding hydrogens is 264 g/mol. The van der Waals surface area contributed by atoms with Gasteiger partial charge in [-0.25, -0.2) is 0 Å². The maximum Gasteiger partial charge on any atom is 0.124 e. The summed E-state index contributed by atoms with van der Waals surface area (Å²) in [6, 6.07) is 6.63. The zero-order valence-corrected chi connectivity index (χ0v) is 13.9. The number of nitrogens with one attached hydrogen (secondary N) is 1. The van der Waals surface area contributed by atoms with Gasteiger partial charge in [-0.2, -0.15) is 0 Å². The molecule has 1 saturated heterocycles. The van der Waals surface area contributed by atoms with E-state index in [1.165, 1.54) is 5.69 Å². The fourth-order valence-electron chi connectivity index (χ4n) is 2.90. The van der Waals surface area contributed by atoms with Gasteiger partial charge in [0, 0.05) is 48.6 Å². The Balaban J connectivity index is 2.35. The second kappa shape index (κ2) is 6.56. The monoisotopic (exact) mass is 292 g/mol. The molecule has 4 heteroatoms. The van der Waals surface area contributed by atoms with E-state index in [1.54, 1.807) is 14.2 Å². The van der Waals surface area contributed by atoms with Crippen LogP contribution in [0.4, 0.5) is 5.69 Å². The lowest BCUT2D eigenvalue weighted by Gasteiger charge is -2.47. The zero-order valence-electron chi connectivity index (χ0n) is 13.9. The Hall–Kier alpha value is -1.42. The lowest BCUT2D eigenvalue weighted by molar-refractivity contribution is 0.275. The van der Waals surface area contributed by atoms with Crippen molar-refractivity contribution in [3.8, 4) is 11.5 Å². The van der Waals surface area contributed by atoms with Crippen molar-refractivity contribution in [3.63, 3.8) is 0 Å². The summed E-state index contributed by atoms with van der Waals surface area (Å²) >= 11 is 0. The molecule has 2 atom stereocenters. The lowest BCUT2D eigenvalue weighted by Crippen LogP contribution is -2.62. The topological polar surface area (TPSA) is 33.7 Å². The molecule has 0 aromatic heterocycles. The van der Waals surface area contributed by atoms with Crippen molar-refractivity contribution in [2.24, 2.45) is 0 Å². The molecule has 2 rings (SSSR count). The van der Waals surface area contributed by atoms with Gasteiger partial charge in [-0.15, -0.1) is 0 Å². The Morgan fingerprint density at radius 1 is 1.19 bits per heavy atom. The third-order valence-electron chi connectivity index (χ3n) is 4.64. The summed E-state index contributed by atoms with van der Waals surface area (Å²) < 4.78 is 10.8. The molecule has 1 aromatic carbocycles.